The third-order valence-corrected chi connectivity index (χ3v) is 5.26. The van der Waals surface area contributed by atoms with Crippen LogP contribution in [0.3, 0.4) is 0 Å². The van der Waals surface area contributed by atoms with Gasteiger partial charge in [-0.2, -0.15) is 11.3 Å². The monoisotopic (exact) mass is 283 g/mol. The van der Waals surface area contributed by atoms with Gasteiger partial charge in [-0.25, -0.2) is 0 Å². The van der Waals surface area contributed by atoms with Gasteiger partial charge >= 0.3 is 0 Å². The van der Waals surface area contributed by atoms with Crippen LogP contribution in [0, 0.1) is 0 Å². The van der Waals surface area contributed by atoms with Crippen molar-refractivity contribution in [1.82, 2.24) is 4.90 Å². The second kappa shape index (κ2) is 8.03. The molecule has 1 heterocycles. The molecule has 0 bridgehead atoms. The number of hydrogen-bond donors (Lipinski definition) is 1. The van der Waals surface area contributed by atoms with Gasteiger partial charge in [0, 0.05) is 5.54 Å². The van der Waals surface area contributed by atoms with Crippen molar-refractivity contribution in [1.29, 1.82) is 0 Å². The summed E-state index contributed by atoms with van der Waals surface area (Å²) < 4.78 is 0. The van der Waals surface area contributed by atoms with Crippen molar-refractivity contribution in [2.45, 2.75) is 65.0 Å². The fourth-order valence-corrected chi connectivity index (χ4v) is 3.94. The van der Waals surface area contributed by atoms with Crippen molar-refractivity contribution in [2.24, 2.45) is 0 Å². The van der Waals surface area contributed by atoms with E-state index in [4.69, 9.17) is 0 Å². The first-order valence-corrected chi connectivity index (χ1v) is 8.53. The van der Waals surface area contributed by atoms with E-state index in [2.05, 4.69) is 49.4 Å². The van der Waals surface area contributed by atoms with Crippen molar-refractivity contribution >= 4 is 11.3 Å². The van der Waals surface area contributed by atoms with Crippen molar-refractivity contribution in [3.05, 3.63) is 22.4 Å². The topological polar surface area (TPSA) is 23.5 Å². The molecule has 0 fully saturated rings. The van der Waals surface area contributed by atoms with Crippen LogP contribution in [0.25, 0.3) is 0 Å². The second-order valence-electron chi connectivity index (χ2n) is 5.17. The molecule has 0 radical (unpaired) electrons. The fraction of sp³-hybridized carbons (Fsp3) is 0.750. The molecule has 1 atom stereocenters. The average Bonchev–Trinajstić information content (AvgIpc) is 2.95. The predicted molar refractivity (Wildman–Crippen MR) is 84.9 cm³/mol. The van der Waals surface area contributed by atoms with Crippen LogP contribution in [-0.4, -0.2) is 34.7 Å². The molecular formula is C16H29NOS. The summed E-state index contributed by atoms with van der Waals surface area (Å²) >= 11 is 1.73. The molecule has 110 valence electrons. The van der Waals surface area contributed by atoms with Crippen LogP contribution < -0.4 is 0 Å². The van der Waals surface area contributed by atoms with E-state index in [1.165, 1.54) is 5.56 Å². The Morgan fingerprint density at radius 3 is 2.26 bits per heavy atom. The maximum absolute atomic E-state index is 10.8. The van der Waals surface area contributed by atoms with E-state index in [0.717, 1.165) is 38.8 Å². The Labute approximate surface area is 122 Å². The molecular weight excluding hydrogens is 254 g/mol. The van der Waals surface area contributed by atoms with Gasteiger partial charge in [-0.1, -0.05) is 27.7 Å². The van der Waals surface area contributed by atoms with Gasteiger partial charge in [-0.05, 0) is 61.2 Å². The molecule has 0 aliphatic rings. The number of thiophene rings is 1. The van der Waals surface area contributed by atoms with Crippen LogP contribution in [-0.2, 0) is 6.42 Å². The molecule has 3 heteroatoms. The molecule has 1 aromatic heterocycles. The molecule has 0 aliphatic heterocycles. The summed E-state index contributed by atoms with van der Waals surface area (Å²) in [6.07, 6.45) is 3.61. The third kappa shape index (κ3) is 3.80. The van der Waals surface area contributed by atoms with E-state index >= 15 is 0 Å². The standard InChI is InChI=1S/C16H29NOS/c1-5-16(6-2,17(7-3)8-4)15(18)10-9-14-11-12-19-13-14/h11-13,15,18H,5-10H2,1-4H3. The Bertz CT molecular complexity index is 329. The van der Waals surface area contributed by atoms with Gasteiger partial charge in [0.1, 0.15) is 0 Å². The first-order valence-electron chi connectivity index (χ1n) is 7.58. The summed E-state index contributed by atoms with van der Waals surface area (Å²) in [5, 5.41) is 15.0. The van der Waals surface area contributed by atoms with Gasteiger partial charge in [0.2, 0.25) is 0 Å². The summed E-state index contributed by atoms with van der Waals surface area (Å²) in [4.78, 5) is 2.44. The quantitative estimate of drug-likeness (QED) is 0.742. The van der Waals surface area contributed by atoms with Crippen LogP contribution in [0.4, 0.5) is 0 Å². The summed E-state index contributed by atoms with van der Waals surface area (Å²) in [5.74, 6) is 0. The van der Waals surface area contributed by atoms with Gasteiger partial charge in [-0.3, -0.25) is 4.90 Å². The molecule has 0 aliphatic carbocycles. The maximum Gasteiger partial charge on any atom is 0.0726 e. The smallest absolute Gasteiger partial charge is 0.0726 e. The predicted octanol–water partition coefficient (Wildman–Crippen LogP) is 3.94. The number of likely N-dealkylation sites (N-methyl/N-ethyl adjacent to an activating group) is 1. The van der Waals surface area contributed by atoms with Gasteiger partial charge in [0.05, 0.1) is 6.10 Å². The normalized spacial score (nSPS) is 14.0. The molecule has 0 saturated carbocycles. The molecule has 2 nitrogen and oxygen atoms in total. The van der Waals surface area contributed by atoms with Gasteiger partial charge < -0.3 is 5.11 Å². The number of rotatable bonds is 9. The first kappa shape index (κ1) is 16.7. The molecule has 1 rings (SSSR count). The molecule has 0 aromatic carbocycles. The Morgan fingerprint density at radius 1 is 1.21 bits per heavy atom. The lowest BCUT2D eigenvalue weighted by Gasteiger charge is -2.46. The summed E-state index contributed by atoms with van der Waals surface area (Å²) in [7, 11) is 0. The van der Waals surface area contributed by atoms with Crippen LogP contribution >= 0.6 is 11.3 Å². The van der Waals surface area contributed by atoms with E-state index < -0.39 is 0 Å². The minimum atomic E-state index is -0.248. The molecule has 1 aromatic rings. The molecule has 0 saturated heterocycles. The highest BCUT2D eigenvalue weighted by Gasteiger charge is 2.38. The van der Waals surface area contributed by atoms with Crippen LogP contribution in [0.1, 0.15) is 52.5 Å². The molecule has 1 N–H and O–H groups in total. The minimum Gasteiger partial charge on any atom is -0.391 e. The van der Waals surface area contributed by atoms with E-state index in [1.54, 1.807) is 11.3 Å². The van der Waals surface area contributed by atoms with Crippen molar-refractivity contribution in [3.63, 3.8) is 0 Å². The van der Waals surface area contributed by atoms with Gasteiger partial charge in [-0.15, -0.1) is 0 Å². The van der Waals surface area contributed by atoms with E-state index in [9.17, 15) is 5.11 Å². The molecule has 19 heavy (non-hydrogen) atoms. The Hall–Kier alpha value is -0.380. The lowest BCUT2D eigenvalue weighted by molar-refractivity contribution is -0.0382. The highest BCUT2D eigenvalue weighted by Crippen LogP contribution is 2.30. The average molecular weight is 283 g/mol. The lowest BCUT2D eigenvalue weighted by Crippen LogP contribution is -2.56. The van der Waals surface area contributed by atoms with Crippen molar-refractivity contribution in [3.8, 4) is 0 Å². The SMILES string of the molecule is CCN(CC)C(CC)(CC)C(O)CCc1ccsc1. The zero-order valence-corrected chi connectivity index (χ0v) is 13.7. The number of aliphatic hydroxyl groups excluding tert-OH is 1. The number of hydrogen-bond acceptors (Lipinski definition) is 3. The summed E-state index contributed by atoms with van der Waals surface area (Å²) in [6, 6.07) is 2.16. The zero-order chi connectivity index (χ0) is 14.3. The number of aliphatic hydroxyl groups is 1. The first-order chi connectivity index (χ1) is 9.14. The summed E-state index contributed by atoms with van der Waals surface area (Å²) in [5.41, 5.74) is 1.30. The Kier molecular flexibility index (Phi) is 7.05. The van der Waals surface area contributed by atoms with Crippen LogP contribution in [0.2, 0.25) is 0 Å². The molecule has 1 unspecified atom stereocenters. The zero-order valence-electron chi connectivity index (χ0n) is 12.9. The number of aryl methyl sites for hydroxylation is 1. The molecule has 0 amide bonds. The second-order valence-corrected chi connectivity index (χ2v) is 5.95. The van der Waals surface area contributed by atoms with E-state index in [1.807, 2.05) is 0 Å². The minimum absolute atomic E-state index is 0.0560. The third-order valence-electron chi connectivity index (χ3n) is 4.52. The van der Waals surface area contributed by atoms with Crippen molar-refractivity contribution < 1.29 is 5.11 Å². The van der Waals surface area contributed by atoms with Crippen LogP contribution in [0.5, 0.6) is 0 Å². The van der Waals surface area contributed by atoms with Crippen molar-refractivity contribution in [2.75, 3.05) is 13.1 Å². The van der Waals surface area contributed by atoms with Crippen LogP contribution in [0.15, 0.2) is 16.8 Å². The fourth-order valence-electron chi connectivity index (χ4n) is 3.24. The highest BCUT2D eigenvalue weighted by atomic mass is 32.1. The lowest BCUT2D eigenvalue weighted by atomic mass is 9.82. The summed E-state index contributed by atoms with van der Waals surface area (Å²) in [6.45, 7) is 10.8. The molecule has 0 spiro atoms. The Balaban J connectivity index is 2.73. The van der Waals surface area contributed by atoms with E-state index in [0.29, 0.717) is 0 Å². The largest absolute Gasteiger partial charge is 0.391 e. The maximum atomic E-state index is 10.8. The Morgan fingerprint density at radius 2 is 1.84 bits per heavy atom. The number of nitrogens with zero attached hydrogens (tertiary/aromatic N) is 1. The van der Waals surface area contributed by atoms with E-state index in [-0.39, 0.29) is 11.6 Å². The van der Waals surface area contributed by atoms with Gasteiger partial charge in [0.15, 0.2) is 0 Å². The van der Waals surface area contributed by atoms with Gasteiger partial charge in [0.25, 0.3) is 0 Å². The highest BCUT2D eigenvalue weighted by molar-refractivity contribution is 7.07.